The van der Waals surface area contributed by atoms with Crippen molar-refractivity contribution in [2.45, 2.75) is 13.3 Å². The van der Waals surface area contributed by atoms with Gasteiger partial charge in [0, 0.05) is 34.1 Å². The van der Waals surface area contributed by atoms with Gasteiger partial charge in [0.2, 0.25) is 0 Å². The van der Waals surface area contributed by atoms with Gasteiger partial charge in [0.15, 0.2) is 5.13 Å². The lowest BCUT2D eigenvalue weighted by molar-refractivity contribution is 0.102. The van der Waals surface area contributed by atoms with Gasteiger partial charge >= 0.3 is 0 Å². The number of hydrogen-bond donors (Lipinski definition) is 2. The Morgan fingerprint density at radius 1 is 1.19 bits per heavy atom. The Kier molecular flexibility index (Phi) is 4.26. The van der Waals surface area contributed by atoms with Crippen LogP contribution in [0.4, 0.5) is 9.52 Å². The van der Waals surface area contributed by atoms with Gasteiger partial charge in [-0.1, -0.05) is 30.3 Å². The normalized spacial score (nSPS) is 11.0. The fourth-order valence-electron chi connectivity index (χ4n) is 2.98. The minimum atomic E-state index is -0.250. The van der Waals surface area contributed by atoms with E-state index in [4.69, 9.17) is 0 Å². The number of aromatic amines is 1. The Balaban J connectivity index is 1.52. The molecule has 1 amide bonds. The molecule has 26 heavy (non-hydrogen) atoms. The van der Waals surface area contributed by atoms with Crippen LogP contribution in [-0.2, 0) is 6.42 Å². The summed E-state index contributed by atoms with van der Waals surface area (Å²) < 4.78 is 13.0. The molecule has 0 unspecified atom stereocenters. The molecule has 0 radical (unpaired) electrons. The highest BCUT2D eigenvalue weighted by atomic mass is 32.1. The lowest BCUT2D eigenvalue weighted by Gasteiger charge is -2.02. The van der Waals surface area contributed by atoms with Crippen LogP contribution < -0.4 is 5.32 Å². The predicted octanol–water partition coefficient (Wildman–Crippen LogP) is 4.92. The zero-order valence-electron chi connectivity index (χ0n) is 14.0. The summed E-state index contributed by atoms with van der Waals surface area (Å²) in [7, 11) is 0. The monoisotopic (exact) mass is 365 g/mol. The van der Waals surface area contributed by atoms with Crippen LogP contribution in [0.2, 0.25) is 0 Å². The Labute approximate surface area is 153 Å². The van der Waals surface area contributed by atoms with Crippen molar-refractivity contribution in [1.29, 1.82) is 0 Å². The zero-order chi connectivity index (χ0) is 18.1. The summed E-state index contributed by atoms with van der Waals surface area (Å²) in [6.07, 6.45) is 2.39. The van der Waals surface area contributed by atoms with E-state index in [0.717, 1.165) is 27.0 Å². The van der Waals surface area contributed by atoms with Crippen molar-refractivity contribution in [2.75, 3.05) is 5.32 Å². The van der Waals surface area contributed by atoms with Crippen LogP contribution in [0.3, 0.4) is 0 Å². The Morgan fingerprint density at radius 2 is 1.96 bits per heavy atom. The smallest absolute Gasteiger partial charge is 0.259 e. The number of aromatic nitrogens is 2. The number of hydrogen-bond acceptors (Lipinski definition) is 3. The second-order valence-corrected chi connectivity index (χ2v) is 7.17. The van der Waals surface area contributed by atoms with Crippen LogP contribution in [0.15, 0.2) is 54.7 Å². The van der Waals surface area contributed by atoms with Crippen molar-refractivity contribution >= 4 is 33.3 Å². The van der Waals surface area contributed by atoms with E-state index >= 15 is 0 Å². The van der Waals surface area contributed by atoms with Gasteiger partial charge in [-0.25, -0.2) is 9.37 Å². The van der Waals surface area contributed by atoms with Crippen molar-refractivity contribution < 1.29 is 9.18 Å². The van der Waals surface area contributed by atoms with Crippen LogP contribution in [0.5, 0.6) is 0 Å². The van der Waals surface area contributed by atoms with Crippen molar-refractivity contribution in [3.8, 4) is 0 Å². The number of aryl methyl sites for hydroxylation is 1. The second kappa shape index (κ2) is 6.72. The number of thiazole rings is 1. The van der Waals surface area contributed by atoms with E-state index in [1.54, 1.807) is 18.3 Å². The van der Waals surface area contributed by atoms with E-state index in [9.17, 15) is 9.18 Å². The van der Waals surface area contributed by atoms with E-state index in [1.165, 1.54) is 23.5 Å². The molecule has 4 rings (SSSR count). The summed E-state index contributed by atoms with van der Waals surface area (Å²) in [5.41, 5.74) is 3.40. The number of amides is 1. The van der Waals surface area contributed by atoms with Gasteiger partial charge in [-0.15, -0.1) is 11.3 Å². The summed E-state index contributed by atoms with van der Waals surface area (Å²) in [6, 6.07) is 14.1. The summed E-state index contributed by atoms with van der Waals surface area (Å²) in [4.78, 5) is 21.2. The molecule has 0 fully saturated rings. The van der Waals surface area contributed by atoms with Crippen molar-refractivity contribution in [3.05, 3.63) is 82.2 Å². The SMILES string of the molecule is Cc1[nH]c2ccccc2c1C(=O)Nc1ncc(Cc2ccc(F)cc2)s1. The number of benzene rings is 2. The van der Waals surface area contributed by atoms with Gasteiger partial charge in [0.05, 0.1) is 5.56 Å². The number of fused-ring (bicyclic) bond motifs is 1. The Hall–Kier alpha value is -2.99. The first-order valence-corrected chi connectivity index (χ1v) is 8.99. The molecule has 130 valence electrons. The molecule has 2 aromatic heterocycles. The fraction of sp³-hybridized carbons (Fsp3) is 0.100. The average molecular weight is 365 g/mol. The maximum Gasteiger partial charge on any atom is 0.259 e. The van der Waals surface area contributed by atoms with E-state index < -0.39 is 0 Å². The molecule has 0 aliphatic carbocycles. The van der Waals surface area contributed by atoms with Crippen molar-refractivity contribution in [2.24, 2.45) is 0 Å². The van der Waals surface area contributed by atoms with Crippen LogP contribution in [0.25, 0.3) is 10.9 Å². The number of carbonyl (C=O) groups is 1. The van der Waals surface area contributed by atoms with Gasteiger partial charge in [0.25, 0.3) is 5.91 Å². The zero-order valence-corrected chi connectivity index (χ0v) is 14.9. The minimum absolute atomic E-state index is 0.178. The van der Waals surface area contributed by atoms with E-state index in [0.29, 0.717) is 17.1 Å². The minimum Gasteiger partial charge on any atom is -0.358 e. The van der Waals surface area contributed by atoms with E-state index in [-0.39, 0.29) is 11.7 Å². The lowest BCUT2D eigenvalue weighted by atomic mass is 10.1. The first-order valence-electron chi connectivity index (χ1n) is 8.18. The van der Waals surface area contributed by atoms with Gasteiger partial charge in [-0.05, 0) is 30.7 Å². The van der Waals surface area contributed by atoms with Crippen molar-refractivity contribution in [3.63, 3.8) is 0 Å². The Morgan fingerprint density at radius 3 is 2.77 bits per heavy atom. The third-order valence-electron chi connectivity index (χ3n) is 4.19. The predicted molar refractivity (Wildman–Crippen MR) is 102 cm³/mol. The third kappa shape index (κ3) is 3.23. The number of halogens is 1. The molecule has 0 bridgehead atoms. The summed E-state index contributed by atoms with van der Waals surface area (Å²) in [6.45, 7) is 1.89. The van der Waals surface area contributed by atoms with E-state index in [2.05, 4.69) is 15.3 Å². The first-order chi connectivity index (χ1) is 12.6. The third-order valence-corrected chi connectivity index (χ3v) is 5.10. The molecule has 4 nitrogen and oxygen atoms in total. The van der Waals surface area contributed by atoms with Crippen molar-refractivity contribution in [1.82, 2.24) is 9.97 Å². The molecule has 0 aliphatic rings. The molecule has 2 aromatic carbocycles. The molecule has 0 atom stereocenters. The number of nitrogens with one attached hydrogen (secondary N) is 2. The topological polar surface area (TPSA) is 57.8 Å². The standard InChI is InChI=1S/C20H16FN3OS/c1-12-18(16-4-2-3-5-17(16)23-12)19(25)24-20-22-11-15(26-20)10-13-6-8-14(21)9-7-13/h2-9,11,23H,10H2,1H3,(H,22,24,25). The molecule has 0 spiro atoms. The average Bonchev–Trinajstić information content (AvgIpc) is 3.19. The van der Waals surface area contributed by atoms with Gasteiger partial charge < -0.3 is 4.98 Å². The lowest BCUT2D eigenvalue weighted by Crippen LogP contribution is -2.12. The number of rotatable bonds is 4. The number of anilines is 1. The molecular weight excluding hydrogens is 349 g/mol. The quantitative estimate of drug-likeness (QED) is 0.539. The maximum atomic E-state index is 13.0. The molecule has 4 aromatic rings. The molecular formula is C20H16FN3OS. The molecule has 6 heteroatoms. The number of nitrogens with zero attached hydrogens (tertiary/aromatic N) is 1. The second-order valence-electron chi connectivity index (χ2n) is 6.06. The summed E-state index contributed by atoms with van der Waals surface area (Å²) in [5, 5.41) is 4.33. The number of carbonyl (C=O) groups excluding carboxylic acids is 1. The van der Waals surface area contributed by atoms with Crippen LogP contribution in [0.1, 0.15) is 26.5 Å². The highest BCUT2D eigenvalue weighted by molar-refractivity contribution is 7.15. The highest BCUT2D eigenvalue weighted by Gasteiger charge is 2.17. The molecule has 0 saturated heterocycles. The van der Waals surface area contributed by atoms with Crippen LogP contribution >= 0.6 is 11.3 Å². The largest absolute Gasteiger partial charge is 0.358 e. The number of para-hydroxylation sites is 1. The molecule has 0 saturated carbocycles. The van der Waals surface area contributed by atoms with Gasteiger partial charge in [0.1, 0.15) is 5.82 Å². The van der Waals surface area contributed by atoms with Crippen LogP contribution in [0, 0.1) is 12.7 Å². The fourth-order valence-corrected chi connectivity index (χ4v) is 3.82. The van der Waals surface area contributed by atoms with Crippen LogP contribution in [-0.4, -0.2) is 15.9 Å². The molecule has 0 aliphatic heterocycles. The number of H-pyrrole nitrogens is 1. The molecule has 2 heterocycles. The highest BCUT2D eigenvalue weighted by Crippen LogP contribution is 2.25. The maximum absolute atomic E-state index is 13.0. The van der Waals surface area contributed by atoms with Gasteiger partial charge in [-0.2, -0.15) is 0 Å². The summed E-state index contributed by atoms with van der Waals surface area (Å²) >= 11 is 1.42. The first kappa shape index (κ1) is 16.5. The van der Waals surface area contributed by atoms with Gasteiger partial charge in [-0.3, -0.25) is 10.1 Å². The van der Waals surface area contributed by atoms with E-state index in [1.807, 2.05) is 31.2 Å². The molecule has 2 N–H and O–H groups in total. The Bertz CT molecular complexity index is 1080. The summed E-state index contributed by atoms with van der Waals surface area (Å²) in [5.74, 6) is -0.428.